The first-order chi connectivity index (χ1) is 8.95. The van der Waals surface area contributed by atoms with E-state index in [4.69, 9.17) is 0 Å². The second-order valence-corrected chi connectivity index (χ2v) is 5.21. The van der Waals surface area contributed by atoms with Gasteiger partial charge in [-0.3, -0.25) is 4.79 Å². The van der Waals surface area contributed by atoms with Gasteiger partial charge in [0.1, 0.15) is 11.6 Å². The van der Waals surface area contributed by atoms with E-state index >= 15 is 0 Å². The maximum absolute atomic E-state index is 13.2. The Balaban J connectivity index is 2.28. The summed E-state index contributed by atoms with van der Waals surface area (Å²) in [6.07, 6.45) is 0.0290. The minimum atomic E-state index is -0.443. The maximum Gasteiger partial charge on any atom is 0.167 e. The van der Waals surface area contributed by atoms with Crippen molar-refractivity contribution in [1.29, 1.82) is 0 Å². The van der Waals surface area contributed by atoms with E-state index in [-0.39, 0.29) is 12.2 Å². The van der Waals surface area contributed by atoms with E-state index in [2.05, 4.69) is 15.9 Å². The molecule has 0 aliphatic heterocycles. The monoisotopic (exact) mass is 324 g/mol. The van der Waals surface area contributed by atoms with Crippen LogP contribution >= 0.6 is 15.9 Å². The molecule has 0 saturated carbocycles. The molecule has 19 heavy (non-hydrogen) atoms. The Kier molecular flexibility index (Phi) is 4.10. The van der Waals surface area contributed by atoms with Crippen molar-refractivity contribution in [3.8, 4) is 0 Å². The van der Waals surface area contributed by atoms with Gasteiger partial charge in [0.15, 0.2) is 5.78 Å². The lowest BCUT2D eigenvalue weighted by molar-refractivity contribution is 0.0992. The van der Waals surface area contributed by atoms with Crippen molar-refractivity contribution in [3.05, 3.63) is 69.2 Å². The fraction of sp³-hybridized carbons (Fsp3) is 0.133. The number of Topliss-reactive ketones (excluding diaryl/α,β-unsaturated/α-hetero) is 1. The van der Waals surface area contributed by atoms with Gasteiger partial charge < -0.3 is 0 Å². The topological polar surface area (TPSA) is 17.1 Å². The summed E-state index contributed by atoms with van der Waals surface area (Å²) in [5.41, 5.74) is 1.53. The third-order valence-corrected chi connectivity index (χ3v) is 3.50. The molecule has 0 fully saturated rings. The Labute approximate surface area is 118 Å². The van der Waals surface area contributed by atoms with Crippen LogP contribution in [-0.2, 0) is 6.42 Å². The zero-order chi connectivity index (χ0) is 14.0. The normalized spacial score (nSPS) is 10.5. The van der Waals surface area contributed by atoms with Gasteiger partial charge in [0.25, 0.3) is 0 Å². The summed E-state index contributed by atoms with van der Waals surface area (Å²) < 4.78 is 27.0. The highest BCUT2D eigenvalue weighted by molar-refractivity contribution is 9.10. The molecule has 0 saturated heterocycles. The van der Waals surface area contributed by atoms with Gasteiger partial charge in [-0.25, -0.2) is 8.78 Å². The summed E-state index contributed by atoms with van der Waals surface area (Å²) in [4.78, 5) is 12.1. The summed E-state index contributed by atoms with van der Waals surface area (Å²) in [5.74, 6) is -1.09. The minimum Gasteiger partial charge on any atom is -0.294 e. The number of ketones is 1. The summed E-state index contributed by atoms with van der Waals surface area (Å²) >= 11 is 3.27. The molecule has 0 aromatic heterocycles. The molecule has 4 heteroatoms. The lowest BCUT2D eigenvalue weighted by Crippen LogP contribution is -2.05. The van der Waals surface area contributed by atoms with Crippen molar-refractivity contribution in [2.75, 3.05) is 0 Å². The second-order valence-electron chi connectivity index (χ2n) is 4.35. The summed E-state index contributed by atoms with van der Waals surface area (Å²) in [6.45, 7) is 1.72. The van der Waals surface area contributed by atoms with E-state index in [1.807, 2.05) is 0 Å². The number of aryl methyl sites for hydroxylation is 1. The first-order valence-corrected chi connectivity index (χ1v) is 6.49. The molecule has 2 aromatic rings. The number of halogens is 3. The minimum absolute atomic E-state index is 0.0290. The van der Waals surface area contributed by atoms with E-state index in [0.717, 1.165) is 0 Å². The Morgan fingerprint density at radius 1 is 1.11 bits per heavy atom. The van der Waals surface area contributed by atoms with Crippen LogP contribution in [0.5, 0.6) is 0 Å². The van der Waals surface area contributed by atoms with Gasteiger partial charge >= 0.3 is 0 Å². The Morgan fingerprint density at radius 2 is 1.84 bits per heavy atom. The molecule has 0 unspecified atom stereocenters. The quantitative estimate of drug-likeness (QED) is 0.762. The fourth-order valence-electron chi connectivity index (χ4n) is 1.85. The molecule has 0 N–H and O–H groups in total. The van der Waals surface area contributed by atoms with Crippen LogP contribution < -0.4 is 0 Å². The van der Waals surface area contributed by atoms with Crippen LogP contribution in [0.1, 0.15) is 21.5 Å². The molecule has 1 nitrogen and oxygen atoms in total. The van der Waals surface area contributed by atoms with Crippen molar-refractivity contribution in [2.45, 2.75) is 13.3 Å². The molecule has 0 spiro atoms. The molecule has 2 aromatic carbocycles. The first kappa shape index (κ1) is 13.9. The Morgan fingerprint density at radius 3 is 2.53 bits per heavy atom. The molecule has 0 heterocycles. The van der Waals surface area contributed by atoms with E-state index in [1.165, 1.54) is 24.3 Å². The zero-order valence-electron chi connectivity index (χ0n) is 10.2. The number of carbonyl (C=O) groups is 1. The van der Waals surface area contributed by atoms with E-state index in [9.17, 15) is 13.6 Å². The molecular formula is C15H11BrF2O. The number of benzene rings is 2. The third kappa shape index (κ3) is 3.47. The van der Waals surface area contributed by atoms with Gasteiger partial charge in [0.2, 0.25) is 0 Å². The Bertz CT molecular complexity index is 618. The number of hydrogen-bond acceptors (Lipinski definition) is 1. The van der Waals surface area contributed by atoms with Crippen molar-refractivity contribution in [2.24, 2.45) is 0 Å². The van der Waals surface area contributed by atoms with E-state index in [1.54, 1.807) is 19.1 Å². The SMILES string of the molecule is Cc1cc(F)cc(C(=O)Cc2cc(F)ccc2Br)c1. The molecule has 0 radical (unpaired) electrons. The van der Waals surface area contributed by atoms with Crippen molar-refractivity contribution < 1.29 is 13.6 Å². The summed E-state index contributed by atoms with van der Waals surface area (Å²) in [7, 11) is 0. The largest absolute Gasteiger partial charge is 0.294 e. The van der Waals surface area contributed by atoms with Gasteiger partial charge in [0, 0.05) is 16.5 Å². The molecule has 0 atom stereocenters. The average Bonchev–Trinajstić information content (AvgIpc) is 2.32. The third-order valence-electron chi connectivity index (χ3n) is 2.72. The number of carbonyl (C=O) groups excluding carboxylic acids is 1. The van der Waals surface area contributed by atoms with Crippen LogP contribution in [0.3, 0.4) is 0 Å². The summed E-state index contributed by atoms with van der Waals surface area (Å²) in [5, 5.41) is 0. The first-order valence-electron chi connectivity index (χ1n) is 5.70. The average molecular weight is 325 g/mol. The van der Waals surface area contributed by atoms with Crippen LogP contribution in [0.25, 0.3) is 0 Å². The van der Waals surface area contributed by atoms with Crippen molar-refractivity contribution >= 4 is 21.7 Å². The zero-order valence-corrected chi connectivity index (χ0v) is 11.8. The van der Waals surface area contributed by atoms with Gasteiger partial charge in [-0.1, -0.05) is 15.9 Å². The lowest BCUT2D eigenvalue weighted by atomic mass is 10.0. The van der Waals surface area contributed by atoms with Crippen molar-refractivity contribution in [3.63, 3.8) is 0 Å². The predicted octanol–water partition coefficient (Wildman–Crippen LogP) is 4.46. The predicted molar refractivity (Wildman–Crippen MR) is 73.3 cm³/mol. The van der Waals surface area contributed by atoms with Crippen LogP contribution in [0.4, 0.5) is 8.78 Å². The molecule has 0 aliphatic rings. The lowest BCUT2D eigenvalue weighted by Gasteiger charge is -2.05. The maximum atomic E-state index is 13.2. The summed E-state index contributed by atoms with van der Waals surface area (Å²) in [6, 6.07) is 8.34. The molecule has 0 aliphatic carbocycles. The fourth-order valence-corrected chi connectivity index (χ4v) is 2.24. The molecular weight excluding hydrogens is 314 g/mol. The van der Waals surface area contributed by atoms with Gasteiger partial charge in [-0.05, 0) is 54.4 Å². The van der Waals surface area contributed by atoms with Gasteiger partial charge in [0.05, 0.1) is 0 Å². The molecule has 0 bridgehead atoms. The molecule has 2 rings (SSSR count). The van der Waals surface area contributed by atoms with E-state index in [0.29, 0.717) is 21.2 Å². The van der Waals surface area contributed by atoms with Gasteiger partial charge in [-0.15, -0.1) is 0 Å². The van der Waals surface area contributed by atoms with Crippen LogP contribution in [-0.4, -0.2) is 5.78 Å². The highest BCUT2D eigenvalue weighted by Gasteiger charge is 2.11. The smallest absolute Gasteiger partial charge is 0.167 e. The number of rotatable bonds is 3. The van der Waals surface area contributed by atoms with Gasteiger partial charge in [-0.2, -0.15) is 0 Å². The van der Waals surface area contributed by atoms with Crippen LogP contribution in [0.2, 0.25) is 0 Å². The number of hydrogen-bond donors (Lipinski definition) is 0. The molecule has 0 amide bonds. The highest BCUT2D eigenvalue weighted by Crippen LogP contribution is 2.20. The highest BCUT2D eigenvalue weighted by atomic mass is 79.9. The van der Waals surface area contributed by atoms with E-state index < -0.39 is 11.6 Å². The van der Waals surface area contributed by atoms with Crippen molar-refractivity contribution in [1.82, 2.24) is 0 Å². The van der Waals surface area contributed by atoms with Crippen LogP contribution in [0.15, 0.2) is 40.9 Å². The standard InChI is InChI=1S/C15H11BrF2O/c1-9-4-11(7-13(18)5-9)15(19)8-10-6-12(17)2-3-14(10)16/h2-7H,8H2,1H3. The molecule has 98 valence electrons. The van der Waals surface area contributed by atoms with Crippen LogP contribution in [0, 0.1) is 18.6 Å². The second kappa shape index (κ2) is 5.61. The Hall–Kier alpha value is -1.55.